The first kappa shape index (κ1) is 20.7. The van der Waals surface area contributed by atoms with Gasteiger partial charge < -0.3 is 10.1 Å². The molecular weight excluding hydrogens is 352 g/mol. The van der Waals surface area contributed by atoms with Gasteiger partial charge in [0.15, 0.2) is 0 Å². The van der Waals surface area contributed by atoms with Gasteiger partial charge >= 0.3 is 0 Å². The average molecular weight is 383 g/mol. The maximum atomic E-state index is 13.0. The van der Waals surface area contributed by atoms with Crippen molar-refractivity contribution in [1.29, 1.82) is 0 Å². The van der Waals surface area contributed by atoms with Gasteiger partial charge in [0.2, 0.25) is 10.0 Å². The van der Waals surface area contributed by atoms with Crippen LogP contribution in [0.15, 0.2) is 23.1 Å². The van der Waals surface area contributed by atoms with E-state index in [1.165, 1.54) is 23.5 Å². The fraction of sp³-hybridized carbons (Fsp3) is 0.632. The Bertz CT molecular complexity index is 723. The number of sulfonamides is 1. The second-order valence-electron chi connectivity index (χ2n) is 7.19. The molecule has 0 radical (unpaired) electrons. The van der Waals surface area contributed by atoms with Crippen LogP contribution < -0.4 is 10.1 Å². The summed E-state index contributed by atoms with van der Waals surface area (Å²) in [5, 5.41) is 2.91. The van der Waals surface area contributed by atoms with Gasteiger partial charge in [0.1, 0.15) is 5.75 Å². The van der Waals surface area contributed by atoms with E-state index >= 15 is 0 Å². The molecule has 0 unspecified atom stereocenters. The molecule has 7 heteroatoms. The van der Waals surface area contributed by atoms with Crippen LogP contribution in [0.25, 0.3) is 0 Å². The largest absolute Gasteiger partial charge is 0.496 e. The summed E-state index contributed by atoms with van der Waals surface area (Å²) in [6.07, 6.45) is 3.84. The predicted molar refractivity (Wildman–Crippen MR) is 102 cm³/mol. The minimum absolute atomic E-state index is 0.0296. The van der Waals surface area contributed by atoms with Gasteiger partial charge in [0.05, 0.1) is 17.6 Å². The van der Waals surface area contributed by atoms with E-state index in [0.717, 1.165) is 25.7 Å². The van der Waals surface area contributed by atoms with E-state index in [4.69, 9.17) is 4.74 Å². The Morgan fingerprint density at radius 3 is 2.27 bits per heavy atom. The maximum Gasteiger partial charge on any atom is 0.255 e. The zero-order valence-electron chi connectivity index (χ0n) is 16.1. The Balaban J connectivity index is 2.34. The van der Waals surface area contributed by atoms with Crippen LogP contribution in [0.2, 0.25) is 0 Å². The number of carbonyl (C=O) groups is 1. The first-order valence-corrected chi connectivity index (χ1v) is 10.7. The molecule has 146 valence electrons. The third kappa shape index (κ3) is 4.76. The number of rotatable bonds is 6. The summed E-state index contributed by atoms with van der Waals surface area (Å²) in [4.78, 5) is 12.8. The summed E-state index contributed by atoms with van der Waals surface area (Å²) in [5.74, 6) is 0.318. The minimum atomic E-state index is -3.61. The molecular formula is C19H30N2O4S. The number of benzene rings is 1. The lowest BCUT2D eigenvalue weighted by Gasteiger charge is -2.21. The maximum absolute atomic E-state index is 13.0. The highest BCUT2D eigenvalue weighted by Gasteiger charge is 2.27. The predicted octanol–water partition coefficient (Wildman–Crippen LogP) is 3.03. The smallest absolute Gasteiger partial charge is 0.255 e. The second-order valence-corrected chi connectivity index (χ2v) is 9.12. The third-order valence-electron chi connectivity index (χ3n) is 4.98. The zero-order valence-corrected chi connectivity index (χ0v) is 16.9. The normalized spacial score (nSPS) is 17.6. The van der Waals surface area contributed by atoms with Gasteiger partial charge in [0.25, 0.3) is 5.91 Å². The molecule has 0 spiro atoms. The van der Waals surface area contributed by atoms with E-state index in [2.05, 4.69) is 5.32 Å². The van der Waals surface area contributed by atoms with Crippen LogP contribution in [0.3, 0.4) is 0 Å². The number of nitrogens with one attached hydrogen (secondary N) is 1. The van der Waals surface area contributed by atoms with Crippen LogP contribution in [-0.2, 0) is 10.0 Å². The number of hydrogen-bond acceptors (Lipinski definition) is 4. The Kier molecular flexibility index (Phi) is 7.06. The van der Waals surface area contributed by atoms with Crippen molar-refractivity contribution in [2.75, 3.05) is 20.2 Å². The first-order valence-electron chi connectivity index (χ1n) is 9.26. The SMILES string of the molecule is COc1ccc(S(=O)(=O)N2CCCCCC2)cc1C(=O)N[C@@H](C)C(C)C. The van der Waals surface area contributed by atoms with Gasteiger partial charge in [0, 0.05) is 19.1 Å². The molecule has 1 aromatic rings. The van der Waals surface area contributed by atoms with E-state index in [-0.39, 0.29) is 28.3 Å². The molecule has 1 saturated heterocycles. The minimum Gasteiger partial charge on any atom is -0.496 e. The van der Waals surface area contributed by atoms with E-state index in [0.29, 0.717) is 18.8 Å². The molecule has 0 bridgehead atoms. The standard InChI is InChI=1S/C19H30N2O4S/c1-14(2)15(3)20-19(22)17-13-16(9-10-18(17)25-4)26(23,24)21-11-7-5-6-8-12-21/h9-10,13-15H,5-8,11-12H2,1-4H3,(H,20,22)/t15-/m0/s1. The molecule has 26 heavy (non-hydrogen) atoms. The second kappa shape index (κ2) is 8.86. The van der Waals surface area contributed by atoms with Crippen LogP contribution in [0, 0.1) is 5.92 Å². The van der Waals surface area contributed by atoms with Gasteiger partial charge in [-0.1, -0.05) is 26.7 Å². The zero-order chi connectivity index (χ0) is 19.3. The van der Waals surface area contributed by atoms with Crippen LogP contribution in [0.1, 0.15) is 56.8 Å². The molecule has 1 N–H and O–H groups in total. The van der Waals surface area contributed by atoms with Crippen molar-refractivity contribution in [2.45, 2.75) is 57.4 Å². The highest BCUT2D eigenvalue weighted by Crippen LogP contribution is 2.26. The fourth-order valence-corrected chi connectivity index (χ4v) is 4.45. The van der Waals surface area contributed by atoms with Crippen molar-refractivity contribution >= 4 is 15.9 Å². The molecule has 1 fully saturated rings. The highest BCUT2D eigenvalue weighted by atomic mass is 32.2. The van der Waals surface area contributed by atoms with Gasteiger partial charge in [-0.15, -0.1) is 0 Å². The molecule has 6 nitrogen and oxygen atoms in total. The molecule has 1 heterocycles. The Morgan fingerprint density at radius 2 is 1.73 bits per heavy atom. The lowest BCUT2D eigenvalue weighted by molar-refractivity contribution is 0.0927. The van der Waals surface area contributed by atoms with Crippen molar-refractivity contribution in [2.24, 2.45) is 5.92 Å². The third-order valence-corrected chi connectivity index (χ3v) is 6.87. The quantitative estimate of drug-likeness (QED) is 0.820. The lowest BCUT2D eigenvalue weighted by atomic mass is 10.1. The molecule has 1 aliphatic rings. The molecule has 1 amide bonds. The van der Waals surface area contributed by atoms with Crippen LogP contribution >= 0.6 is 0 Å². The van der Waals surface area contributed by atoms with Gasteiger partial charge in [-0.2, -0.15) is 4.31 Å². The van der Waals surface area contributed by atoms with Crippen molar-refractivity contribution in [3.8, 4) is 5.75 Å². The molecule has 1 atom stereocenters. The van der Waals surface area contributed by atoms with Crippen LogP contribution in [-0.4, -0.2) is 44.9 Å². The topological polar surface area (TPSA) is 75.7 Å². The van der Waals surface area contributed by atoms with Gasteiger partial charge in [-0.3, -0.25) is 4.79 Å². The summed E-state index contributed by atoms with van der Waals surface area (Å²) < 4.78 is 32.8. The summed E-state index contributed by atoms with van der Waals surface area (Å²) >= 11 is 0. The van der Waals surface area contributed by atoms with E-state index < -0.39 is 10.0 Å². The van der Waals surface area contributed by atoms with Crippen molar-refractivity contribution in [3.63, 3.8) is 0 Å². The van der Waals surface area contributed by atoms with Crippen LogP contribution in [0.4, 0.5) is 0 Å². The Hall–Kier alpha value is -1.60. The molecule has 1 aliphatic heterocycles. The number of ether oxygens (including phenoxy) is 1. The highest BCUT2D eigenvalue weighted by molar-refractivity contribution is 7.89. The van der Waals surface area contributed by atoms with Crippen molar-refractivity contribution < 1.29 is 17.9 Å². The summed E-state index contributed by atoms with van der Waals surface area (Å²) in [7, 11) is -2.14. The molecule has 0 aliphatic carbocycles. The number of carbonyl (C=O) groups excluding carboxylic acids is 1. The Morgan fingerprint density at radius 1 is 1.12 bits per heavy atom. The average Bonchev–Trinajstić information content (AvgIpc) is 2.90. The van der Waals surface area contributed by atoms with Crippen molar-refractivity contribution in [1.82, 2.24) is 9.62 Å². The van der Waals surface area contributed by atoms with E-state index in [1.807, 2.05) is 20.8 Å². The number of methoxy groups -OCH3 is 1. The lowest BCUT2D eigenvalue weighted by Crippen LogP contribution is -2.36. The number of amides is 1. The number of hydrogen-bond donors (Lipinski definition) is 1. The molecule has 1 aromatic carbocycles. The van der Waals surface area contributed by atoms with Crippen molar-refractivity contribution in [3.05, 3.63) is 23.8 Å². The van der Waals surface area contributed by atoms with E-state index in [1.54, 1.807) is 6.07 Å². The number of nitrogens with zero attached hydrogens (tertiary/aromatic N) is 1. The van der Waals surface area contributed by atoms with Gasteiger partial charge in [-0.25, -0.2) is 8.42 Å². The Labute approximate surface area is 157 Å². The van der Waals surface area contributed by atoms with E-state index in [9.17, 15) is 13.2 Å². The fourth-order valence-electron chi connectivity index (χ4n) is 2.91. The summed E-state index contributed by atoms with van der Waals surface area (Å²) in [5.41, 5.74) is 0.246. The summed E-state index contributed by atoms with van der Waals surface area (Å²) in [6, 6.07) is 4.47. The summed E-state index contributed by atoms with van der Waals surface area (Å²) in [6.45, 7) is 7.01. The first-order chi connectivity index (χ1) is 12.3. The molecule has 2 rings (SSSR count). The van der Waals surface area contributed by atoms with Gasteiger partial charge in [-0.05, 0) is 43.9 Å². The van der Waals surface area contributed by atoms with Crippen LogP contribution in [0.5, 0.6) is 5.75 Å². The molecule has 0 aromatic heterocycles. The molecule has 0 saturated carbocycles. The monoisotopic (exact) mass is 382 g/mol.